The van der Waals surface area contributed by atoms with Crippen LogP contribution in [0, 0.1) is 5.92 Å². The molecule has 0 aromatic carbocycles. The van der Waals surface area contributed by atoms with E-state index < -0.39 is 0 Å². The van der Waals surface area contributed by atoms with Crippen LogP contribution < -0.4 is 5.32 Å². The number of hydrogen-bond donors (Lipinski definition) is 1. The van der Waals surface area contributed by atoms with Gasteiger partial charge in [-0.2, -0.15) is 0 Å². The number of nitrogens with zero attached hydrogens (tertiary/aromatic N) is 1. The minimum atomic E-state index is 0.648. The molecule has 0 amide bonds. The molecule has 1 unspecified atom stereocenters. The molecule has 17 heavy (non-hydrogen) atoms. The first kappa shape index (κ1) is 14.9. The normalized spacial score (nSPS) is 22.2. The average molecular weight is 242 g/mol. The smallest absolute Gasteiger partial charge is 0.0593 e. The third-order valence-corrected chi connectivity index (χ3v) is 3.19. The highest BCUT2D eigenvalue weighted by atomic mass is 16.5. The first-order valence-corrected chi connectivity index (χ1v) is 7.25. The van der Waals surface area contributed by atoms with Gasteiger partial charge in [0.05, 0.1) is 6.61 Å². The highest BCUT2D eigenvalue weighted by Gasteiger charge is 2.18. The molecule has 0 aromatic rings. The van der Waals surface area contributed by atoms with E-state index in [9.17, 15) is 0 Å². The van der Waals surface area contributed by atoms with Crippen molar-refractivity contribution in [3.8, 4) is 0 Å². The molecule has 0 saturated carbocycles. The molecule has 1 fully saturated rings. The van der Waals surface area contributed by atoms with Gasteiger partial charge in [0.2, 0.25) is 0 Å². The zero-order valence-corrected chi connectivity index (χ0v) is 11.9. The second kappa shape index (κ2) is 8.90. The molecule has 1 atom stereocenters. The van der Waals surface area contributed by atoms with Gasteiger partial charge in [0.25, 0.3) is 0 Å². The van der Waals surface area contributed by atoms with E-state index in [2.05, 4.69) is 31.0 Å². The van der Waals surface area contributed by atoms with Crippen molar-refractivity contribution in [1.82, 2.24) is 10.2 Å². The van der Waals surface area contributed by atoms with E-state index in [1.165, 1.54) is 32.4 Å². The first-order chi connectivity index (χ1) is 8.22. The average Bonchev–Trinajstić information content (AvgIpc) is 2.32. The van der Waals surface area contributed by atoms with Crippen LogP contribution >= 0.6 is 0 Å². The number of piperidine rings is 1. The van der Waals surface area contributed by atoms with E-state index in [0.29, 0.717) is 12.0 Å². The third kappa shape index (κ3) is 7.02. The van der Waals surface area contributed by atoms with E-state index >= 15 is 0 Å². The van der Waals surface area contributed by atoms with Crippen LogP contribution in [0.15, 0.2) is 0 Å². The molecule has 3 heteroatoms. The Morgan fingerprint density at radius 2 is 2.24 bits per heavy atom. The SMILES string of the molecule is CCCNC1CCCN(CCOCC(C)C)C1. The van der Waals surface area contributed by atoms with Crippen LogP contribution in [0.2, 0.25) is 0 Å². The van der Waals surface area contributed by atoms with Gasteiger partial charge in [-0.3, -0.25) is 4.90 Å². The summed E-state index contributed by atoms with van der Waals surface area (Å²) in [6, 6.07) is 0.703. The van der Waals surface area contributed by atoms with Gasteiger partial charge >= 0.3 is 0 Å². The molecule has 1 rings (SSSR count). The molecule has 102 valence electrons. The lowest BCUT2D eigenvalue weighted by Gasteiger charge is -2.33. The molecule has 1 N–H and O–H groups in total. The molecule has 0 spiro atoms. The first-order valence-electron chi connectivity index (χ1n) is 7.25. The summed E-state index contributed by atoms with van der Waals surface area (Å²) in [5.41, 5.74) is 0. The summed E-state index contributed by atoms with van der Waals surface area (Å²) in [6.07, 6.45) is 3.89. The van der Waals surface area contributed by atoms with E-state index in [4.69, 9.17) is 4.74 Å². The van der Waals surface area contributed by atoms with Crippen LogP contribution in [-0.2, 0) is 4.74 Å². The third-order valence-electron chi connectivity index (χ3n) is 3.19. The molecular formula is C14H30N2O. The van der Waals surface area contributed by atoms with Gasteiger partial charge in [-0.1, -0.05) is 20.8 Å². The molecule has 0 bridgehead atoms. The minimum absolute atomic E-state index is 0.648. The van der Waals surface area contributed by atoms with E-state index in [1.807, 2.05) is 0 Å². The number of ether oxygens (including phenoxy) is 1. The van der Waals surface area contributed by atoms with Gasteiger partial charge in [0.1, 0.15) is 0 Å². The summed E-state index contributed by atoms with van der Waals surface area (Å²) in [5.74, 6) is 0.648. The van der Waals surface area contributed by atoms with E-state index in [1.54, 1.807) is 0 Å². The van der Waals surface area contributed by atoms with Crippen LogP contribution in [0.5, 0.6) is 0 Å². The number of rotatable bonds is 8. The predicted octanol–water partition coefficient (Wildman–Crippen LogP) is 2.12. The van der Waals surface area contributed by atoms with Crippen molar-refractivity contribution in [3.05, 3.63) is 0 Å². The Morgan fingerprint density at radius 3 is 2.94 bits per heavy atom. The van der Waals surface area contributed by atoms with Crippen LogP contribution in [0.4, 0.5) is 0 Å². The molecule has 1 heterocycles. The Morgan fingerprint density at radius 1 is 1.41 bits per heavy atom. The second-order valence-electron chi connectivity index (χ2n) is 5.56. The lowest BCUT2D eigenvalue weighted by molar-refractivity contribution is 0.0749. The van der Waals surface area contributed by atoms with Gasteiger partial charge < -0.3 is 10.1 Å². The van der Waals surface area contributed by atoms with Crippen molar-refractivity contribution in [1.29, 1.82) is 0 Å². The Bertz CT molecular complexity index is 185. The molecule has 0 aromatic heterocycles. The lowest BCUT2D eigenvalue weighted by Crippen LogP contribution is -2.46. The quantitative estimate of drug-likeness (QED) is 0.660. The monoisotopic (exact) mass is 242 g/mol. The topological polar surface area (TPSA) is 24.5 Å². The Hall–Kier alpha value is -0.120. The maximum Gasteiger partial charge on any atom is 0.0593 e. The van der Waals surface area contributed by atoms with Crippen molar-refractivity contribution < 1.29 is 4.74 Å². The summed E-state index contributed by atoms with van der Waals surface area (Å²) in [5, 5.41) is 3.63. The lowest BCUT2D eigenvalue weighted by atomic mass is 10.1. The highest BCUT2D eigenvalue weighted by Crippen LogP contribution is 2.09. The zero-order valence-electron chi connectivity index (χ0n) is 11.9. The molecule has 1 aliphatic rings. The molecular weight excluding hydrogens is 212 g/mol. The van der Waals surface area contributed by atoms with Crippen molar-refractivity contribution in [2.24, 2.45) is 5.92 Å². The summed E-state index contributed by atoms with van der Waals surface area (Å²) in [4.78, 5) is 2.54. The standard InChI is InChI=1S/C14H30N2O/c1-4-7-15-14-6-5-8-16(11-14)9-10-17-12-13(2)3/h13-15H,4-12H2,1-3H3. The van der Waals surface area contributed by atoms with Crippen LogP contribution in [0.25, 0.3) is 0 Å². The molecule has 1 aliphatic heterocycles. The summed E-state index contributed by atoms with van der Waals surface area (Å²) >= 11 is 0. The maximum atomic E-state index is 5.65. The second-order valence-corrected chi connectivity index (χ2v) is 5.56. The summed E-state index contributed by atoms with van der Waals surface area (Å²) < 4.78 is 5.65. The van der Waals surface area contributed by atoms with Gasteiger partial charge in [-0.25, -0.2) is 0 Å². The Kier molecular flexibility index (Phi) is 7.82. The molecule has 3 nitrogen and oxygen atoms in total. The van der Waals surface area contributed by atoms with Crippen LogP contribution in [-0.4, -0.2) is 50.3 Å². The summed E-state index contributed by atoms with van der Waals surface area (Å²) in [6.45, 7) is 13.1. The van der Waals surface area contributed by atoms with Crippen LogP contribution in [0.1, 0.15) is 40.0 Å². The minimum Gasteiger partial charge on any atom is -0.380 e. The Balaban J connectivity index is 2.07. The fourth-order valence-corrected chi connectivity index (χ4v) is 2.29. The predicted molar refractivity (Wildman–Crippen MR) is 73.4 cm³/mol. The molecule has 0 radical (unpaired) electrons. The zero-order chi connectivity index (χ0) is 12.5. The number of hydrogen-bond acceptors (Lipinski definition) is 3. The molecule has 0 aliphatic carbocycles. The molecule has 1 saturated heterocycles. The van der Waals surface area contributed by atoms with Crippen LogP contribution in [0.3, 0.4) is 0 Å². The fourth-order valence-electron chi connectivity index (χ4n) is 2.29. The number of nitrogens with one attached hydrogen (secondary N) is 1. The van der Waals surface area contributed by atoms with Gasteiger partial charge in [0, 0.05) is 25.7 Å². The van der Waals surface area contributed by atoms with Crippen molar-refractivity contribution in [2.45, 2.75) is 46.1 Å². The fraction of sp³-hybridized carbons (Fsp3) is 1.00. The number of likely N-dealkylation sites (tertiary alicyclic amines) is 1. The Labute approximate surface area is 107 Å². The summed E-state index contributed by atoms with van der Waals surface area (Å²) in [7, 11) is 0. The van der Waals surface area contributed by atoms with Crippen molar-refractivity contribution >= 4 is 0 Å². The van der Waals surface area contributed by atoms with Gasteiger partial charge in [-0.15, -0.1) is 0 Å². The maximum absolute atomic E-state index is 5.65. The van der Waals surface area contributed by atoms with E-state index in [0.717, 1.165) is 26.3 Å². The van der Waals surface area contributed by atoms with E-state index in [-0.39, 0.29) is 0 Å². The van der Waals surface area contributed by atoms with Crippen molar-refractivity contribution in [2.75, 3.05) is 39.4 Å². The highest BCUT2D eigenvalue weighted by molar-refractivity contribution is 4.77. The van der Waals surface area contributed by atoms with Crippen molar-refractivity contribution in [3.63, 3.8) is 0 Å². The largest absolute Gasteiger partial charge is 0.380 e. The van der Waals surface area contributed by atoms with Gasteiger partial charge in [-0.05, 0) is 38.3 Å². The van der Waals surface area contributed by atoms with Gasteiger partial charge in [0.15, 0.2) is 0 Å².